The number of anilines is 2. The second-order valence-corrected chi connectivity index (χ2v) is 5.86. The molecule has 20 heavy (non-hydrogen) atoms. The number of fused-ring (bicyclic) bond motifs is 1. The quantitative estimate of drug-likeness (QED) is 0.862. The van der Waals surface area contributed by atoms with Crippen LogP contribution in [0.25, 0.3) is 0 Å². The summed E-state index contributed by atoms with van der Waals surface area (Å²) in [7, 11) is 3.32. The number of hydrogen-bond donors (Lipinski definition) is 1. The van der Waals surface area contributed by atoms with Gasteiger partial charge in [-0.25, -0.2) is 0 Å². The molecule has 4 nitrogen and oxygen atoms in total. The molecule has 2 aliphatic rings. The largest absolute Gasteiger partial charge is 0.493 e. The van der Waals surface area contributed by atoms with Crippen molar-refractivity contribution in [1.29, 1.82) is 0 Å². The molecule has 1 saturated carbocycles. The number of ether oxygens (including phenoxy) is 2. The highest BCUT2D eigenvalue weighted by Gasteiger charge is 2.36. The van der Waals surface area contributed by atoms with Gasteiger partial charge in [0.05, 0.1) is 25.6 Å². The summed E-state index contributed by atoms with van der Waals surface area (Å²) in [6, 6.07) is 4.57. The third-order valence-corrected chi connectivity index (χ3v) is 4.84. The lowest BCUT2D eigenvalue weighted by Gasteiger charge is -2.40. The van der Waals surface area contributed by atoms with E-state index >= 15 is 0 Å². The van der Waals surface area contributed by atoms with E-state index in [2.05, 4.69) is 4.90 Å². The van der Waals surface area contributed by atoms with Gasteiger partial charge in [-0.3, -0.25) is 0 Å². The molecule has 1 aliphatic carbocycles. The fourth-order valence-electron chi connectivity index (χ4n) is 3.89. The number of benzene rings is 1. The molecule has 0 bridgehead atoms. The van der Waals surface area contributed by atoms with Gasteiger partial charge >= 0.3 is 0 Å². The van der Waals surface area contributed by atoms with Crippen LogP contribution in [0.15, 0.2) is 12.1 Å². The summed E-state index contributed by atoms with van der Waals surface area (Å²) in [6.07, 6.45) is 6.63. The van der Waals surface area contributed by atoms with E-state index in [-0.39, 0.29) is 0 Å². The molecular formula is C16H24N2O2. The number of rotatable bonds is 3. The topological polar surface area (TPSA) is 47.7 Å². The zero-order valence-electron chi connectivity index (χ0n) is 12.4. The molecule has 2 atom stereocenters. The van der Waals surface area contributed by atoms with Gasteiger partial charge in [0.25, 0.3) is 0 Å². The molecular weight excluding hydrogens is 252 g/mol. The number of nitrogens with two attached hydrogens (primary N) is 1. The van der Waals surface area contributed by atoms with Gasteiger partial charge in [0, 0.05) is 24.7 Å². The van der Waals surface area contributed by atoms with E-state index in [1.165, 1.54) is 32.1 Å². The molecule has 110 valence electrons. The summed E-state index contributed by atoms with van der Waals surface area (Å²) in [4.78, 5) is 2.50. The van der Waals surface area contributed by atoms with Crippen molar-refractivity contribution in [3.05, 3.63) is 12.1 Å². The van der Waals surface area contributed by atoms with E-state index < -0.39 is 0 Å². The lowest BCUT2D eigenvalue weighted by atomic mass is 9.91. The maximum Gasteiger partial charge on any atom is 0.162 e. The lowest BCUT2D eigenvalue weighted by molar-refractivity contribution is 0.351. The van der Waals surface area contributed by atoms with Crippen LogP contribution in [0.3, 0.4) is 0 Å². The van der Waals surface area contributed by atoms with Crippen LogP contribution in [-0.4, -0.2) is 26.8 Å². The molecule has 1 aromatic rings. The maximum absolute atomic E-state index is 6.26. The smallest absolute Gasteiger partial charge is 0.162 e. The molecule has 0 amide bonds. The molecule has 1 aliphatic heterocycles. The monoisotopic (exact) mass is 276 g/mol. The summed E-state index contributed by atoms with van der Waals surface area (Å²) >= 11 is 0. The van der Waals surface area contributed by atoms with E-state index in [1.807, 2.05) is 12.1 Å². The van der Waals surface area contributed by atoms with Gasteiger partial charge in [-0.15, -0.1) is 0 Å². The lowest BCUT2D eigenvalue weighted by Crippen LogP contribution is -2.42. The third-order valence-electron chi connectivity index (χ3n) is 4.84. The van der Waals surface area contributed by atoms with Crippen molar-refractivity contribution in [2.75, 3.05) is 31.4 Å². The molecule has 0 spiro atoms. The van der Waals surface area contributed by atoms with Gasteiger partial charge in [-0.1, -0.05) is 6.42 Å². The summed E-state index contributed by atoms with van der Waals surface area (Å²) in [5.41, 5.74) is 8.15. The van der Waals surface area contributed by atoms with Crippen LogP contribution < -0.4 is 20.1 Å². The molecule has 1 aromatic carbocycles. The first-order valence-electron chi connectivity index (χ1n) is 7.52. The minimum atomic E-state index is 0.657. The van der Waals surface area contributed by atoms with Gasteiger partial charge in [0.15, 0.2) is 11.5 Å². The molecule has 0 radical (unpaired) electrons. The van der Waals surface area contributed by atoms with E-state index in [4.69, 9.17) is 15.2 Å². The molecule has 0 aromatic heterocycles. The average molecular weight is 276 g/mol. The Kier molecular flexibility index (Phi) is 3.64. The molecule has 2 N–H and O–H groups in total. The fraction of sp³-hybridized carbons (Fsp3) is 0.625. The van der Waals surface area contributed by atoms with Crippen molar-refractivity contribution in [2.45, 2.75) is 38.1 Å². The first kappa shape index (κ1) is 13.4. The SMILES string of the molecule is COc1cc(N)c(N2CCCC3CCCC32)cc1OC. The Bertz CT molecular complexity index is 490. The van der Waals surface area contributed by atoms with Crippen LogP contribution in [0.1, 0.15) is 32.1 Å². The van der Waals surface area contributed by atoms with Gasteiger partial charge in [0.2, 0.25) is 0 Å². The minimum Gasteiger partial charge on any atom is -0.493 e. The van der Waals surface area contributed by atoms with Crippen molar-refractivity contribution < 1.29 is 9.47 Å². The van der Waals surface area contributed by atoms with E-state index in [0.717, 1.165) is 29.6 Å². The summed E-state index contributed by atoms with van der Waals surface area (Å²) in [5.74, 6) is 2.31. The second-order valence-electron chi connectivity index (χ2n) is 5.86. The summed E-state index contributed by atoms with van der Waals surface area (Å²) in [5, 5.41) is 0. The first-order valence-corrected chi connectivity index (χ1v) is 7.52. The van der Waals surface area contributed by atoms with Crippen molar-refractivity contribution in [3.8, 4) is 11.5 Å². The highest BCUT2D eigenvalue weighted by Crippen LogP contribution is 2.43. The molecule has 4 heteroatoms. The number of nitrogens with zero attached hydrogens (tertiary/aromatic N) is 1. The van der Waals surface area contributed by atoms with Crippen LogP contribution >= 0.6 is 0 Å². The third kappa shape index (κ3) is 2.17. The molecule has 1 saturated heterocycles. The average Bonchev–Trinajstić information content (AvgIpc) is 2.95. The van der Waals surface area contributed by atoms with Crippen molar-refractivity contribution >= 4 is 11.4 Å². The standard InChI is InChI=1S/C16H24N2O2/c1-19-15-9-12(17)14(10-16(15)20-2)18-8-4-6-11-5-3-7-13(11)18/h9-11,13H,3-8,17H2,1-2H3. The molecule has 1 heterocycles. The van der Waals surface area contributed by atoms with E-state index in [0.29, 0.717) is 11.8 Å². The Balaban J connectivity index is 1.96. The molecule has 2 fully saturated rings. The zero-order chi connectivity index (χ0) is 14.1. The van der Waals surface area contributed by atoms with Crippen molar-refractivity contribution in [1.82, 2.24) is 0 Å². The van der Waals surface area contributed by atoms with Gasteiger partial charge < -0.3 is 20.1 Å². The van der Waals surface area contributed by atoms with Gasteiger partial charge in [-0.2, -0.15) is 0 Å². The summed E-state index contributed by atoms with van der Waals surface area (Å²) in [6.45, 7) is 1.10. The van der Waals surface area contributed by atoms with Crippen molar-refractivity contribution in [3.63, 3.8) is 0 Å². The van der Waals surface area contributed by atoms with Crippen LogP contribution in [0, 0.1) is 5.92 Å². The maximum atomic E-state index is 6.26. The Labute approximate surface area is 120 Å². The highest BCUT2D eigenvalue weighted by atomic mass is 16.5. The Hall–Kier alpha value is -1.58. The zero-order valence-corrected chi connectivity index (χ0v) is 12.4. The second kappa shape index (κ2) is 5.43. The van der Waals surface area contributed by atoms with Crippen LogP contribution in [0.2, 0.25) is 0 Å². The summed E-state index contributed by atoms with van der Waals surface area (Å²) < 4.78 is 10.7. The Morgan fingerprint density at radius 1 is 1.05 bits per heavy atom. The van der Waals surface area contributed by atoms with E-state index in [9.17, 15) is 0 Å². The molecule has 3 rings (SSSR count). The first-order chi connectivity index (χ1) is 9.74. The van der Waals surface area contributed by atoms with Crippen molar-refractivity contribution in [2.24, 2.45) is 5.92 Å². The molecule has 2 unspecified atom stereocenters. The van der Waals surface area contributed by atoms with Crippen LogP contribution in [0.5, 0.6) is 11.5 Å². The number of nitrogen functional groups attached to an aromatic ring is 1. The predicted octanol–water partition coefficient (Wildman–Crippen LogP) is 3.05. The van der Waals surface area contributed by atoms with Gasteiger partial charge in [-0.05, 0) is 31.6 Å². The number of hydrogen-bond acceptors (Lipinski definition) is 4. The minimum absolute atomic E-state index is 0.657. The Morgan fingerprint density at radius 2 is 1.75 bits per heavy atom. The number of methoxy groups -OCH3 is 2. The normalized spacial score (nSPS) is 25.4. The van der Waals surface area contributed by atoms with Crippen LogP contribution in [0.4, 0.5) is 11.4 Å². The fourth-order valence-corrected chi connectivity index (χ4v) is 3.89. The number of piperidine rings is 1. The predicted molar refractivity (Wildman–Crippen MR) is 81.7 cm³/mol. The van der Waals surface area contributed by atoms with Crippen LogP contribution in [-0.2, 0) is 0 Å². The Morgan fingerprint density at radius 3 is 2.50 bits per heavy atom. The highest BCUT2D eigenvalue weighted by molar-refractivity contribution is 5.73. The van der Waals surface area contributed by atoms with E-state index in [1.54, 1.807) is 14.2 Å². The van der Waals surface area contributed by atoms with Gasteiger partial charge in [0.1, 0.15) is 0 Å².